The highest BCUT2D eigenvalue weighted by atomic mass is 16.5. The largest absolute Gasteiger partial charge is 0.493 e. The number of hydrogen-bond donors (Lipinski definition) is 1. The van der Waals surface area contributed by atoms with Gasteiger partial charge < -0.3 is 19.7 Å². The van der Waals surface area contributed by atoms with E-state index in [-0.39, 0.29) is 24.1 Å². The average Bonchev–Trinajstić information content (AvgIpc) is 2.61. The third-order valence-corrected chi connectivity index (χ3v) is 4.94. The first kappa shape index (κ1) is 18.2. The Kier molecular flexibility index (Phi) is 5.93. The fourth-order valence-electron chi connectivity index (χ4n) is 3.56. The van der Waals surface area contributed by atoms with E-state index in [4.69, 9.17) is 9.47 Å². The zero-order valence-corrected chi connectivity index (χ0v) is 15.4. The number of rotatable bonds is 5. The molecule has 25 heavy (non-hydrogen) atoms. The molecule has 1 aromatic carbocycles. The third-order valence-electron chi connectivity index (χ3n) is 4.94. The number of nitrogens with one attached hydrogen (secondary N) is 1. The zero-order chi connectivity index (χ0) is 17.8. The van der Waals surface area contributed by atoms with Crippen molar-refractivity contribution in [2.24, 2.45) is 0 Å². The highest BCUT2D eigenvalue weighted by Gasteiger charge is 2.30. The van der Waals surface area contributed by atoms with Gasteiger partial charge in [-0.25, -0.2) is 0 Å². The van der Waals surface area contributed by atoms with Crippen molar-refractivity contribution >= 4 is 5.91 Å². The molecule has 1 fully saturated rings. The van der Waals surface area contributed by atoms with Gasteiger partial charge in [0.25, 0.3) is 0 Å². The lowest BCUT2D eigenvalue weighted by atomic mass is 10.00. The van der Waals surface area contributed by atoms with Crippen molar-refractivity contribution < 1.29 is 14.3 Å². The summed E-state index contributed by atoms with van der Waals surface area (Å²) in [5, 5.41) is 3.22. The molecule has 1 amide bonds. The summed E-state index contributed by atoms with van der Waals surface area (Å²) in [5.74, 6) is 0.955. The van der Waals surface area contributed by atoms with Gasteiger partial charge in [0.2, 0.25) is 5.91 Å². The van der Waals surface area contributed by atoms with Crippen LogP contribution < -0.4 is 10.1 Å². The molecule has 0 aromatic heterocycles. The van der Waals surface area contributed by atoms with Crippen LogP contribution in [0.5, 0.6) is 5.75 Å². The lowest BCUT2D eigenvalue weighted by molar-refractivity contribution is -0.130. The smallest absolute Gasteiger partial charge is 0.237 e. The molecule has 0 saturated carbocycles. The van der Waals surface area contributed by atoms with Crippen LogP contribution in [0.2, 0.25) is 0 Å². The predicted molar refractivity (Wildman–Crippen MR) is 96.8 cm³/mol. The first-order valence-electron chi connectivity index (χ1n) is 9.07. The highest BCUT2D eigenvalue weighted by Crippen LogP contribution is 2.31. The van der Waals surface area contributed by atoms with Gasteiger partial charge in [-0.1, -0.05) is 18.2 Å². The van der Waals surface area contributed by atoms with Crippen LogP contribution in [0, 0.1) is 0 Å². The summed E-state index contributed by atoms with van der Waals surface area (Å²) in [4.78, 5) is 17.1. The van der Waals surface area contributed by atoms with Crippen molar-refractivity contribution in [2.45, 2.75) is 31.5 Å². The van der Waals surface area contributed by atoms with E-state index < -0.39 is 0 Å². The second-order valence-corrected chi connectivity index (χ2v) is 7.16. The number of likely N-dealkylation sites (N-methyl/N-ethyl adjacent to an activating group) is 1. The molecule has 0 spiro atoms. The Morgan fingerprint density at radius 2 is 2.16 bits per heavy atom. The number of nitrogens with zero attached hydrogens (tertiary/aromatic N) is 2. The Morgan fingerprint density at radius 1 is 1.36 bits per heavy atom. The van der Waals surface area contributed by atoms with Crippen molar-refractivity contribution in [3.63, 3.8) is 0 Å². The first-order chi connectivity index (χ1) is 12.0. The number of morpholine rings is 1. The number of carbonyl (C=O) groups excluding carboxylic acids is 1. The minimum absolute atomic E-state index is 0.0264. The van der Waals surface area contributed by atoms with Crippen LogP contribution in [-0.4, -0.2) is 74.8 Å². The molecule has 6 nitrogen and oxygen atoms in total. The van der Waals surface area contributed by atoms with Crippen molar-refractivity contribution in [3.8, 4) is 5.75 Å². The van der Waals surface area contributed by atoms with Crippen molar-refractivity contribution in [1.82, 2.24) is 15.1 Å². The van der Waals surface area contributed by atoms with Gasteiger partial charge in [-0.2, -0.15) is 0 Å². The molecule has 0 bridgehead atoms. The second kappa shape index (κ2) is 8.17. The van der Waals surface area contributed by atoms with E-state index in [0.29, 0.717) is 13.2 Å². The van der Waals surface area contributed by atoms with Crippen molar-refractivity contribution in [2.75, 3.05) is 46.9 Å². The molecule has 0 aliphatic carbocycles. The molecule has 1 saturated heterocycles. The van der Waals surface area contributed by atoms with E-state index >= 15 is 0 Å². The number of para-hydroxylation sites is 1. The Bertz CT molecular complexity index is 593. The Balaban J connectivity index is 1.60. The van der Waals surface area contributed by atoms with Crippen LogP contribution in [0.25, 0.3) is 0 Å². The van der Waals surface area contributed by atoms with E-state index in [1.54, 1.807) is 0 Å². The fraction of sp³-hybridized carbons (Fsp3) is 0.632. The summed E-state index contributed by atoms with van der Waals surface area (Å²) in [7, 11) is 4.09. The second-order valence-electron chi connectivity index (χ2n) is 7.16. The summed E-state index contributed by atoms with van der Waals surface area (Å²) in [6.45, 7) is 5.76. The summed E-state index contributed by atoms with van der Waals surface area (Å²) in [5.41, 5.74) is 1.07. The van der Waals surface area contributed by atoms with E-state index in [1.807, 2.05) is 45.3 Å². The number of ether oxygens (including phenoxy) is 2. The van der Waals surface area contributed by atoms with Crippen LogP contribution in [0.4, 0.5) is 0 Å². The van der Waals surface area contributed by atoms with Gasteiger partial charge in [-0.15, -0.1) is 0 Å². The van der Waals surface area contributed by atoms with Gasteiger partial charge in [0.1, 0.15) is 5.75 Å². The molecule has 1 N–H and O–H groups in total. The fourth-order valence-corrected chi connectivity index (χ4v) is 3.56. The minimum atomic E-state index is -0.163. The van der Waals surface area contributed by atoms with E-state index in [0.717, 1.165) is 37.4 Å². The third kappa shape index (κ3) is 4.51. The molecule has 0 unspecified atom stereocenters. The van der Waals surface area contributed by atoms with E-state index in [1.165, 1.54) is 0 Å². The van der Waals surface area contributed by atoms with Gasteiger partial charge >= 0.3 is 0 Å². The average molecular weight is 347 g/mol. The lowest BCUT2D eigenvalue weighted by Gasteiger charge is -2.37. The molecular formula is C19H29N3O3. The molecule has 2 heterocycles. The summed E-state index contributed by atoms with van der Waals surface area (Å²) in [6.07, 6.45) is 0.963. The van der Waals surface area contributed by atoms with Gasteiger partial charge in [0.05, 0.1) is 31.4 Å². The van der Waals surface area contributed by atoms with Gasteiger partial charge in [0, 0.05) is 31.6 Å². The number of hydrogen-bond acceptors (Lipinski definition) is 5. The molecule has 138 valence electrons. The van der Waals surface area contributed by atoms with Crippen LogP contribution in [0.3, 0.4) is 0 Å². The van der Waals surface area contributed by atoms with Gasteiger partial charge in [0.15, 0.2) is 0 Å². The topological polar surface area (TPSA) is 54.0 Å². The molecule has 1 aromatic rings. The molecule has 3 atom stereocenters. The zero-order valence-electron chi connectivity index (χ0n) is 15.4. The summed E-state index contributed by atoms with van der Waals surface area (Å²) < 4.78 is 11.5. The van der Waals surface area contributed by atoms with E-state index in [2.05, 4.69) is 15.1 Å². The van der Waals surface area contributed by atoms with Crippen LogP contribution in [0.15, 0.2) is 24.3 Å². The molecule has 6 heteroatoms. The molecule has 3 rings (SSSR count). The number of amides is 1. The maximum atomic E-state index is 12.8. The Morgan fingerprint density at radius 3 is 2.96 bits per heavy atom. The van der Waals surface area contributed by atoms with Crippen LogP contribution in [0.1, 0.15) is 24.9 Å². The lowest BCUT2D eigenvalue weighted by Crippen LogP contribution is -2.54. The van der Waals surface area contributed by atoms with Crippen LogP contribution >= 0.6 is 0 Å². The van der Waals surface area contributed by atoms with Crippen molar-refractivity contribution in [3.05, 3.63) is 29.8 Å². The maximum Gasteiger partial charge on any atom is 0.237 e. The molecule has 2 aliphatic rings. The molecule has 0 radical (unpaired) electrons. The number of benzene rings is 1. The van der Waals surface area contributed by atoms with Crippen LogP contribution in [-0.2, 0) is 9.53 Å². The van der Waals surface area contributed by atoms with Crippen molar-refractivity contribution in [1.29, 1.82) is 0 Å². The maximum absolute atomic E-state index is 12.8. The monoisotopic (exact) mass is 347 g/mol. The summed E-state index contributed by atoms with van der Waals surface area (Å²) >= 11 is 0. The number of carbonyl (C=O) groups is 1. The Hall–Kier alpha value is -1.63. The molecule has 2 aliphatic heterocycles. The SMILES string of the molecule is C[C@H](C(=O)N[C@H]1CCOc2ccccc21)N1CCO[C@@H](CN(C)C)C1. The minimum Gasteiger partial charge on any atom is -0.493 e. The molecular weight excluding hydrogens is 318 g/mol. The standard InChI is InChI=1S/C19H29N3O3/c1-14(22-9-11-24-15(13-22)12-21(2)3)19(23)20-17-8-10-25-18-7-5-4-6-16(17)18/h4-7,14-15,17H,8-13H2,1-3H3,(H,20,23)/t14-,15+,17+/m1/s1. The normalized spacial score (nSPS) is 25.1. The highest BCUT2D eigenvalue weighted by molar-refractivity contribution is 5.82. The van der Waals surface area contributed by atoms with Gasteiger partial charge in [-0.3, -0.25) is 9.69 Å². The number of fused-ring (bicyclic) bond motifs is 1. The first-order valence-corrected chi connectivity index (χ1v) is 9.07. The van der Waals surface area contributed by atoms with E-state index in [9.17, 15) is 4.79 Å². The van der Waals surface area contributed by atoms with Gasteiger partial charge in [-0.05, 0) is 27.1 Å². The Labute approximate surface area is 150 Å². The quantitative estimate of drug-likeness (QED) is 0.870. The summed E-state index contributed by atoms with van der Waals surface area (Å²) in [6, 6.07) is 7.81. The predicted octanol–water partition coefficient (Wildman–Crippen LogP) is 1.28.